The van der Waals surface area contributed by atoms with Crippen LogP contribution in [0.25, 0.3) is 11.0 Å². The van der Waals surface area contributed by atoms with Crippen LogP contribution in [0, 0.1) is 0 Å². The predicted molar refractivity (Wildman–Crippen MR) is 113 cm³/mol. The monoisotopic (exact) mass is 464 g/mol. The number of hydrogen-bond acceptors (Lipinski definition) is 4. The van der Waals surface area contributed by atoms with Crippen molar-refractivity contribution in [3.63, 3.8) is 0 Å². The molecule has 0 radical (unpaired) electrons. The molecule has 0 spiro atoms. The van der Waals surface area contributed by atoms with E-state index in [0.29, 0.717) is 22.1 Å². The van der Waals surface area contributed by atoms with E-state index in [0.717, 1.165) is 11.0 Å². The lowest BCUT2D eigenvalue weighted by atomic mass is 10.1. The quantitative estimate of drug-likeness (QED) is 0.641. The number of nitrogens with zero attached hydrogens (tertiary/aromatic N) is 3. The number of anilines is 1. The van der Waals surface area contributed by atoms with Gasteiger partial charge in [-0.2, -0.15) is 0 Å². The van der Waals surface area contributed by atoms with E-state index in [4.69, 9.17) is 11.6 Å². The lowest BCUT2D eigenvalue weighted by Gasteiger charge is -2.16. The minimum atomic E-state index is -0.515. The molecule has 1 aromatic carbocycles. The first-order chi connectivity index (χ1) is 13.3. The molecule has 2 heterocycles. The second-order valence-electron chi connectivity index (χ2n) is 6.39. The summed E-state index contributed by atoms with van der Waals surface area (Å²) in [5, 5.41) is 3.30. The summed E-state index contributed by atoms with van der Waals surface area (Å²) >= 11 is 9.50. The Kier molecular flexibility index (Phi) is 5.71. The highest BCUT2D eigenvalue weighted by molar-refractivity contribution is 9.10. The first-order valence-electron chi connectivity index (χ1n) is 8.60. The Balaban J connectivity index is 2.27. The highest BCUT2D eigenvalue weighted by atomic mass is 79.9. The van der Waals surface area contributed by atoms with Gasteiger partial charge in [0.15, 0.2) is 5.65 Å². The first kappa shape index (κ1) is 20.3. The largest absolute Gasteiger partial charge is 0.332 e. The van der Waals surface area contributed by atoms with Crippen molar-refractivity contribution in [1.82, 2.24) is 14.1 Å². The Morgan fingerprint density at radius 2 is 1.96 bits per heavy atom. The minimum Gasteiger partial charge on any atom is -0.321 e. The van der Waals surface area contributed by atoms with Gasteiger partial charge in [0.05, 0.1) is 16.3 Å². The Morgan fingerprint density at radius 1 is 1.25 bits per heavy atom. The number of carbonyl (C=O) groups is 1. The smallest absolute Gasteiger partial charge is 0.321 e. The normalized spacial score (nSPS) is 11.0. The van der Waals surface area contributed by atoms with Crippen molar-refractivity contribution in [2.24, 2.45) is 14.1 Å². The molecule has 0 aliphatic carbocycles. The zero-order valence-corrected chi connectivity index (χ0v) is 17.9. The number of aryl methyl sites for hydroxylation is 2. The van der Waals surface area contributed by atoms with E-state index in [-0.39, 0.29) is 21.6 Å². The number of pyridine rings is 1. The molecular weight excluding hydrogens is 448 g/mol. The summed E-state index contributed by atoms with van der Waals surface area (Å²) in [6.07, 6.45) is 2.99. The van der Waals surface area contributed by atoms with Crippen molar-refractivity contribution in [2.45, 2.75) is 19.8 Å². The van der Waals surface area contributed by atoms with Gasteiger partial charge in [-0.25, -0.2) is 9.78 Å². The van der Waals surface area contributed by atoms with Crippen LogP contribution < -0.4 is 16.6 Å². The molecule has 146 valence electrons. The van der Waals surface area contributed by atoms with Crippen LogP contribution in [-0.4, -0.2) is 20.0 Å². The van der Waals surface area contributed by atoms with Gasteiger partial charge in [-0.05, 0) is 30.2 Å². The summed E-state index contributed by atoms with van der Waals surface area (Å²) in [6.45, 7) is 1.99. The highest BCUT2D eigenvalue weighted by Crippen LogP contribution is 2.27. The Bertz CT molecular complexity index is 1220. The van der Waals surface area contributed by atoms with E-state index < -0.39 is 17.2 Å². The average Bonchev–Trinajstić information content (AvgIpc) is 2.67. The maximum atomic E-state index is 12.9. The second kappa shape index (κ2) is 7.89. The van der Waals surface area contributed by atoms with Gasteiger partial charge in [0.2, 0.25) is 0 Å². The van der Waals surface area contributed by atoms with Crippen LogP contribution in [0.2, 0.25) is 5.02 Å². The molecule has 0 saturated heterocycles. The van der Waals surface area contributed by atoms with Gasteiger partial charge in [-0.15, -0.1) is 0 Å². The van der Waals surface area contributed by atoms with E-state index >= 15 is 0 Å². The molecule has 9 heteroatoms. The van der Waals surface area contributed by atoms with Crippen LogP contribution >= 0.6 is 27.5 Å². The van der Waals surface area contributed by atoms with Gasteiger partial charge in [-0.1, -0.05) is 40.9 Å². The van der Waals surface area contributed by atoms with Crippen LogP contribution in [0.4, 0.5) is 5.69 Å². The van der Waals surface area contributed by atoms with Crippen molar-refractivity contribution in [2.75, 3.05) is 5.32 Å². The molecule has 3 rings (SSSR count). The summed E-state index contributed by atoms with van der Waals surface area (Å²) in [5.74, 6) is -0.452. The summed E-state index contributed by atoms with van der Waals surface area (Å²) in [4.78, 5) is 42.3. The lowest BCUT2D eigenvalue weighted by Crippen LogP contribution is -2.38. The number of amides is 1. The van der Waals surface area contributed by atoms with Gasteiger partial charge < -0.3 is 5.32 Å². The molecule has 0 unspecified atom stereocenters. The van der Waals surface area contributed by atoms with E-state index in [9.17, 15) is 14.4 Å². The number of carbonyl (C=O) groups excluding carboxylic acids is 1. The van der Waals surface area contributed by atoms with E-state index in [1.54, 1.807) is 24.4 Å². The summed E-state index contributed by atoms with van der Waals surface area (Å²) < 4.78 is 2.99. The Morgan fingerprint density at radius 3 is 2.64 bits per heavy atom. The fraction of sp³-hybridized carbons (Fsp3) is 0.263. The standard InChI is InChI=1S/C19H18BrClN4O3/c1-4-5-10-9-22-16-14(18(27)25(3)19(28)24(16)2)15(10)23-17(26)12-8-11(20)6-7-13(12)21/h6-9H,4-5H2,1-3H3,(H,22,23,26). The third-order valence-electron chi connectivity index (χ3n) is 4.48. The first-order valence-corrected chi connectivity index (χ1v) is 9.77. The number of halogens is 2. The molecule has 7 nitrogen and oxygen atoms in total. The molecule has 0 atom stereocenters. The maximum absolute atomic E-state index is 12.9. The number of fused-ring (bicyclic) bond motifs is 1. The molecule has 3 aromatic rings. The number of rotatable bonds is 4. The van der Waals surface area contributed by atoms with Gasteiger partial charge in [0, 0.05) is 24.8 Å². The zero-order chi connectivity index (χ0) is 20.6. The second-order valence-corrected chi connectivity index (χ2v) is 7.71. The molecule has 2 aromatic heterocycles. The number of benzene rings is 1. The van der Waals surface area contributed by atoms with Gasteiger partial charge in [0.25, 0.3) is 11.5 Å². The van der Waals surface area contributed by atoms with Crippen LogP contribution in [-0.2, 0) is 20.5 Å². The third-order valence-corrected chi connectivity index (χ3v) is 5.30. The summed E-state index contributed by atoms with van der Waals surface area (Å²) in [6, 6.07) is 4.95. The van der Waals surface area contributed by atoms with Gasteiger partial charge in [-0.3, -0.25) is 18.7 Å². The van der Waals surface area contributed by atoms with Crippen molar-refractivity contribution in [1.29, 1.82) is 0 Å². The van der Waals surface area contributed by atoms with Crippen LogP contribution in [0.5, 0.6) is 0 Å². The molecule has 28 heavy (non-hydrogen) atoms. The minimum absolute atomic E-state index is 0.190. The molecule has 0 fully saturated rings. The van der Waals surface area contributed by atoms with E-state index in [2.05, 4.69) is 26.2 Å². The van der Waals surface area contributed by atoms with Crippen molar-refractivity contribution in [3.05, 3.63) is 65.9 Å². The number of hydrogen-bond donors (Lipinski definition) is 1. The number of aromatic nitrogens is 3. The van der Waals surface area contributed by atoms with Crippen LogP contribution in [0.1, 0.15) is 29.3 Å². The van der Waals surface area contributed by atoms with Crippen LogP contribution in [0.3, 0.4) is 0 Å². The Hall–Kier alpha value is -2.45. The van der Waals surface area contributed by atoms with E-state index in [1.807, 2.05) is 6.92 Å². The summed E-state index contributed by atoms with van der Waals surface area (Å²) in [7, 11) is 2.93. The highest BCUT2D eigenvalue weighted by Gasteiger charge is 2.20. The molecule has 0 aliphatic heterocycles. The molecule has 1 N–H and O–H groups in total. The Labute approximate surface area is 174 Å². The fourth-order valence-corrected chi connectivity index (χ4v) is 3.59. The number of nitrogens with one attached hydrogen (secondary N) is 1. The van der Waals surface area contributed by atoms with Gasteiger partial charge >= 0.3 is 5.69 Å². The summed E-state index contributed by atoms with van der Waals surface area (Å²) in [5.41, 5.74) is 0.544. The van der Waals surface area contributed by atoms with Crippen molar-refractivity contribution in [3.8, 4) is 0 Å². The molecule has 0 saturated carbocycles. The topological polar surface area (TPSA) is 86.0 Å². The van der Waals surface area contributed by atoms with E-state index in [1.165, 1.54) is 18.7 Å². The van der Waals surface area contributed by atoms with Crippen molar-refractivity contribution >= 4 is 50.2 Å². The van der Waals surface area contributed by atoms with Gasteiger partial charge in [0.1, 0.15) is 5.39 Å². The molecule has 0 aliphatic rings. The molecule has 1 amide bonds. The fourth-order valence-electron chi connectivity index (χ4n) is 3.02. The maximum Gasteiger partial charge on any atom is 0.332 e. The van der Waals surface area contributed by atoms with Crippen LogP contribution in [0.15, 0.2) is 38.5 Å². The molecule has 0 bridgehead atoms. The SMILES string of the molecule is CCCc1cnc2c(c1NC(=O)c1cc(Br)ccc1Cl)c(=O)n(C)c(=O)n2C. The van der Waals surface area contributed by atoms with Crippen molar-refractivity contribution < 1.29 is 4.79 Å². The zero-order valence-electron chi connectivity index (χ0n) is 15.5. The lowest BCUT2D eigenvalue weighted by molar-refractivity contribution is 0.102. The average molecular weight is 466 g/mol. The predicted octanol–water partition coefficient (Wildman–Crippen LogP) is 3.25. The third kappa shape index (κ3) is 3.49. The molecular formula is C19H18BrClN4O3.